The quantitative estimate of drug-likeness (QED) is 0.676. The third kappa shape index (κ3) is 1.35. The molecule has 0 saturated carbocycles. The number of nitrogens with zero attached hydrogens (tertiary/aromatic N) is 3. The first-order valence-electron chi connectivity index (χ1n) is 4.34. The fraction of sp³-hybridized carbons (Fsp3) is 0.200. The van der Waals surface area contributed by atoms with Crippen molar-refractivity contribution in [3.05, 3.63) is 36.0 Å². The van der Waals surface area contributed by atoms with E-state index in [-0.39, 0.29) is 0 Å². The Hall–Kier alpha value is -1.84. The van der Waals surface area contributed by atoms with Crippen LogP contribution in [0.5, 0.6) is 0 Å². The lowest BCUT2D eigenvalue weighted by molar-refractivity contribution is 0.367. The van der Waals surface area contributed by atoms with Gasteiger partial charge in [0.05, 0.1) is 0 Å². The summed E-state index contributed by atoms with van der Waals surface area (Å²) in [7, 11) is 3.55. The van der Waals surface area contributed by atoms with Crippen LogP contribution in [0, 0.1) is 0 Å². The van der Waals surface area contributed by atoms with Crippen LogP contribution in [0.2, 0.25) is 0 Å². The largest absolute Gasteiger partial charge is 0.322 e. The molecule has 0 N–H and O–H groups in total. The molecule has 2 rings (SSSR count). The van der Waals surface area contributed by atoms with Gasteiger partial charge in [0.1, 0.15) is 0 Å². The Kier molecular flexibility index (Phi) is 2.18. The van der Waals surface area contributed by atoms with Crippen LogP contribution in [0.3, 0.4) is 0 Å². The van der Waals surface area contributed by atoms with Gasteiger partial charge in [-0.2, -0.15) is 0 Å². The second-order valence-corrected chi connectivity index (χ2v) is 2.94. The van der Waals surface area contributed by atoms with E-state index in [0.29, 0.717) is 5.68 Å². The maximum atomic E-state index is 5.05. The standard InChI is InChI=1S/C10H11N3O/c1-11-10-13(2)9(12-14-10)8-6-4-3-5-7-8/h3-7H,1-2H3. The summed E-state index contributed by atoms with van der Waals surface area (Å²) in [6.07, 6.45) is 0. The molecule has 2 aromatic rings. The first-order chi connectivity index (χ1) is 6.83. The Bertz CT molecular complexity index is 482. The van der Waals surface area contributed by atoms with E-state index < -0.39 is 0 Å². The number of hydrogen-bond acceptors (Lipinski definition) is 3. The molecule has 1 heterocycles. The van der Waals surface area contributed by atoms with Crippen LogP contribution in [-0.4, -0.2) is 16.8 Å². The molecule has 0 saturated heterocycles. The monoisotopic (exact) mass is 189 g/mol. The van der Waals surface area contributed by atoms with Gasteiger partial charge in [-0.15, -0.1) is 0 Å². The highest BCUT2D eigenvalue weighted by Gasteiger charge is 2.06. The highest BCUT2D eigenvalue weighted by atomic mass is 16.5. The summed E-state index contributed by atoms with van der Waals surface area (Å²) in [5, 5.41) is 3.95. The van der Waals surface area contributed by atoms with E-state index in [9.17, 15) is 0 Å². The Balaban J connectivity index is 2.59. The minimum absolute atomic E-state index is 0.517. The van der Waals surface area contributed by atoms with Gasteiger partial charge in [0.2, 0.25) is 0 Å². The van der Waals surface area contributed by atoms with Gasteiger partial charge in [-0.1, -0.05) is 35.5 Å². The van der Waals surface area contributed by atoms with Gasteiger partial charge in [0.15, 0.2) is 5.82 Å². The second-order valence-electron chi connectivity index (χ2n) is 2.94. The van der Waals surface area contributed by atoms with Crippen molar-refractivity contribution in [1.29, 1.82) is 0 Å². The highest BCUT2D eigenvalue weighted by Crippen LogP contribution is 2.13. The predicted molar refractivity (Wildman–Crippen MR) is 52.4 cm³/mol. The van der Waals surface area contributed by atoms with Crippen molar-refractivity contribution >= 4 is 0 Å². The van der Waals surface area contributed by atoms with Crippen LogP contribution >= 0.6 is 0 Å². The zero-order valence-corrected chi connectivity index (χ0v) is 8.14. The van der Waals surface area contributed by atoms with Crippen LogP contribution < -0.4 is 5.68 Å². The number of aromatic nitrogens is 2. The van der Waals surface area contributed by atoms with Crippen LogP contribution in [0.25, 0.3) is 11.4 Å². The molecule has 0 unspecified atom stereocenters. The molecule has 0 amide bonds. The van der Waals surface area contributed by atoms with E-state index in [4.69, 9.17) is 4.52 Å². The van der Waals surface area contributed by atoms with Gasteiger partial charge in [-0.25, -0.2) is 4.99 Å². The summed E-state index contributed by atoms with van der Waals surface area (Å²) in [4.78, 5) is 3.95. The fourth-order valence-corrected chi connectivity index (χ4v) is 1.32. The van der Waals surface area contributed by atoms with Crippen LogP contribution in [0.4, 0.5) is 0 Å². The summed E-state index contributed by atoms with van der Waals surface area (Å²) in [5.74, 6) is 0.784. The van der Waals surface area contributed by atoms with Gasteiger partial charge >= 0.3 is 5.68 Å². The van der Waals surface area contributed by atoms with E-state index in [1.807, 2.05) is 41.9 Å². The normalized spacial score (nSPS) is 12.0. The molecule has 0 atom stereocenters. The third-order valence-corrected chi connectivity index (χ3v) is 2.04. The fourth-order valence-electron chi connectivity index (χ4n) is 1.32. The molecular weight excluding hydrogens is 178 g/mol. The smallest absolute Gasteiger partial charge is 0.315 e. The molecule has 0 aliphatic rings. The van der Waals surface area contributed by atoms with Crippen LogP contribution in [-0.2, 0) is 7.05 Å². The van der Waals surface area contributed by atoms with Gasteiger partial charge in [0.25, 0.3) is 0 Å². The Morgan fingerprint density at radius 3 is 2.57 bits per heavy atom. The second kappa shape index (κ2) is 3.49. The van der Waals surface area contributed by atoms with E-state index in [1.165, 1.54) is 0 Å². The van der Waals surface area contributed by atoms with E-state index >= 15 is 0 Å². The van der Waals surface area contributed by atoms with Crippen LogP contribution in [0.1, 0.15) is 0 Å². The number of hydrogen-bond donors (Lipinski definition) is 0. The molecule has 0 fully saturated rings. The summed E-state index contributed by atoms with van der Waals surface area (Å²) in [6.45, 7) is 0. The maximum Gasteiger partial charge on any atom is 0.322 e. The lowest BCUT2D eigenvalue weighted by Gasteiger charge is -1.96. The molecule has 1 aromatic carbocycles. The molecule has 72 valence electrons. The number of benzene rings is 1. The van der Waals surface area contributed by atoms with Crippen LogP contribution in [0.15, 0.2) is 39.8 Å². The molecular formula is C10H11N3O. The van der Waals surface area contributed by atoms with E-state index in [2.05, 4.69) is 10.1 Å². The van der Waals surface area contributed by atoms with Crippen molar-refractivity contribution < 1.29 is 4.52 Å². The summed E-state index contributed by atoms with van der Waals surface area (Å²) < 4.78 is 6.86. The minimum Gasteiger partial charge on any atom is -0.315 e. The average molecular weight is 189 g/mol. The Morgan fingerprint density at radius 1 is 1.29 bits per heavy atom. The van der Waals surface area contributed by atoms with Gasteiger partial charge in [-0.05, 0) is 0 Å². The topological polar surface area (TPSA) is 43.3 Å². The first kappa shape index (κ1) is 8.74. The third-order valence-electron chi connectivity index (χ3n) is 2.04. The molecule has 0 bridgehead atoms. The summed E-state index contributed by atoms with van der Waals surface area (Å²) in [6, 6.07) is 9.86. The molecule has 0 radical (unpaired) electrons. The zero-order valence-electron chi connectivity index (χ0n) is 8.14. The molecule has 0 aliphatic carbocycles. The number of rotatable bonds is 1. The SMILES string of the molecule is CN=c1onc(-c2ccccc2)n1C. The summed E-state index contributed by atoms with van der Waals surface area (Å²) >= 11 is 0. The van der Waals surface area contributed by atoms with Crippen molar-refractivity contribution in [1.82, 2.24) is 9.72 Å². The van der Waals surface area contributed by atoms with Gasteiger partial charge in [-0.3, -0.25) is 4.57 Å². The van der Waals surface area contributed by atoms with E-state index in [1.54, 1.807) is 7.05 Å². The summed E-state index contributed by atoms with van der Waals surface area (Å²) in [5.41, 5.74) is 1.54. The lowest BCUT2D eigenvalue weighted by Crippen LogP contribution is -2.12. The first-order valence-corrected chi connectivity index (χ1v) is 4.34. The Labute approximate surface area is 81.5 Å². The zero-order chi connectivity index (χ0) is 9.97. The molecule has 0 spiro atoms. The van der Waals surface area contributed by atoms with Crippen molar-refractivity contribution in [2.45, 2.75) is 0 Å². The maximum absolute atomic E-state index is 5.05. The van der Waals surface area contributed by atoms with Crippen molar-refractivity contribution in [2.75, 3.05) is 7.05 Å². The molecule has 0 aliphatic heterocycles. The molecule has 4 heteroatoms. The predicted octanol–water partition coefficient (Wildman–Crippen LogP) is 1.21. The van der Waals surface area contributed by atoms with Gasteiger partial charge < -0.3 is 4.52 Å². The van der Waals surface area contributed by atoms with Crippen molar-refractivity contribution in [3.63, 3.8) is 0 Å². The lowest BCUT2D eigenvalue weighted by atomic mass is 10.2. The van der Waals surface area contributed by atoms with E-state index in [0.717, 1.165) is 11.4 Å². The molecule has 4 nitrogen and oxygen atoms in total. The molecule has 14 heavy (non-hydrogen) atoms. The Morgan fingerprint density at radius 2 is 2.00 bits per heavy atom. The van der Waals surface area contributed by atoms with Crippen molar-refractivity contribution in [3.8, 4) is 11.4 Å². The van der Waals surface area contributed by atoms with Crippen molar-refractivity contribution in [2.24, 2.45) is 12.0 Å². The highest BCUT2D eigenvalue weighted by molar-refractivity contribution is 5.53. The molecule has 1 aromatic heterocycles. The van der Waals surface area contributed by atoms with Gasteiger partial charge in [0, 0.05) is 19.7 Å². The average Bonchev–Trinajstić information content (AvgIpc) is 2.61. The minimum atomic E-state index is 0.517.